The van der Waals surface area contributed by atoms with Crippen LogP contribution in [0, 0.1) is 0 Å². The first-order valence-electron chi connectivity index (χ1n) is 5.05. The van der Waals surface area contributed by atoms with Crippen molar-refractivity contribution in [2.24, 2.45) is 0 Å². The molecule has 18 heavy (non-hydrogen) atoms. The highest BCUT2D eigenvalue weighted by Crippen LogP contribution is 2.33. The standard InChI is InChI=1S/C12H18N2O2.2ClH/c1-12(2,3)10-8(13)5-7(6-9(10)14)11(15)16-4;;/h5-6H,13-14H2,1-4H3;2*1H. The van der Waals surface area contributed by atoms with Gasteiger partial charge in [0.2, 0.25) is 0 Å². The van der Waals surface area contributed by atoms with Crippen LogP contribution in [0.4, 0.5) is 11.4 Å². The van der Waals surface area contributed by atoms with Crippen molar-refractivity contribution in [3.8, 4) is 0 Å². The molecule has 0 saturated carbocycles. The third-order valence-electron chi connectivity index (χ3n) is 2.37. The number of benzene rings is 1. The number of halogens is 2. The summed E-state index contributed by atoms with van der Waals surface area (Å²) in [6, 6.07) is 3.20. The van der Waals surface area contributed by atoms with Crippen molar-refractivity contribution in [3.63, 3.8) is 0 Å². The monoisotopic (exact) mass is 294 g/mol. The van der Waals surface area contributed by atoms with E-state index in [1.54, 1.807) is 12.1 Å². The Morgan fingerprint density at radius 1 is 1.11 bits per heavy atom. The number of esters is 1. The maximum absolute atomic E-state index is 11.3. The van der Waals surface area contributed by atoms with Gasteiger partial charge in [0.1, 0.15) is 0 Å². The molecule has 0 bridgehead atoms. The molecule has 0 aliphatic carbocycles. The zero-order valence-corrected chi connectivity index (χ0v) is 12.6. The summed E-state index contributed by atoms with van der Waals surface area (Å²) in [5, 5.41) is 0. The van der Waals surface area contributed by atoms with Gasteiger partial charge in [0.05, 0.1) is 12.7 Å². The summed E-state index contributed by atoms with van der Waals surface area (Å²) >= 11 is 0. The van der Waals surface area contributed by atoms with Gasteiger partial charge in [0.15, 0.2) is 0 Å². The second kappa shape index (κ2) is 6.71. The number of methoxy groups -OCH3 is 1. The van der Waals surface area contributed by atoms with Gasteiger partial charge in [0, 0.05) is 16.9 Å². The first-order valence-corrected chi connectivity index (χ1v) is 5.05. The molecule has 1 rings (SSSR count). The van der Waals surface area contributed by atoms with E-state index in [4.69, 9.17) is 11.5 Å². The SMILES string of the molecule is COC(=O)c1cc(N)c(C(C)(C)C)c(N)c1.Cl.Cl. The molecule has 1 aromatic carbocycles. The Morgan fingerprint density at radius 3 is 1.78 bits per heavy atom. The lowest BCUT2D eigenvalue weighted by atomic mass is 9.84. The van der Waals surface area contributed by atoms with Gasteiger partial charge in [0.25, 0.3) is 0 Å². The van der Waals surface area contributed by atoms with Crippen LogP contribution in [0.3, 0.4) is 0 Å². The Kier molecular flexibility index (Phi) is 7.16. The molecule has 0 heterocycles. The van der Waals surface area contributed by atoms with Crippen LogP contribution in [0.2, 0.25) is 0 Å². The minimum Gasteiger partial charge on any atom is -0.465 e. The number of nitrogens with two attached hydrogens (primary N) is 2. The fraction of sp³-hybridized carbons (Fsp3) is 0.417. The van der Waals surface area contributed by atoms with E-state index in [1.807, 2.05) is 20.8 Å². The van der Waals surface area contributed by atoms with Crippen molar-refractivity contribution >= 4 is 42.2 Å². The van der Waals surface area contributed by atoms with Crippen LogP contribution in [0.25, 0.3) is 0 Å². The number of hydrogen-bond donors (Lipinski definition) is 2. The van der Waals surface area contributed by atoms with E-state index in [0.29, 0.717) is 16.9 Å². The normalized spacial score (nSPS) is 10.0. The molecule has 1 aromatic rings. The molecule has 104 valence electrons. The van der Waals surface area contributed by atoms with Gasteiger partial charge in [-0.1, -0.05) is 20.8 Å². The van der Waals surface area contributed by atoms with Crippen molar-refractivity contribution in [1.29, 1.82) is 0 Å². The Balaban J connectivity index is 0. The summed E-state index contributed by atoms with van der Waals surface area (Å²) in [6.07, 6.45) is 0. The van der Waals surface area contributed by atoms with Gasteiger partial charge < -0.3 is 16.2 Å². The third-order valence-corrected chi connectivity index (χ3v) is 2.37. The molecule has 0 fully saturated rings. The fourth-order valence-electron chi connectivity index (χ4n) is 1.79. The smallest absolute Gasteiger partial charge is 0.337 e. The third kappa shape index (κ3) is 3.96. The first-order chi connectivity index (χ1) is 7.27. The summed E-state index contributed by atoms with van der Waals surface area (Å²) in [7, 11) is 1.33. The molecule has 6 heteroatoms. The second-order valence-electron chi connectivity index (χ2n) is 4.77. The minimum atomic E-state index is -0.432. The predicted molar refractivity (Wildman–Crippen MR) is 79.8 cm³/mol. The maximum atomic E-state index is 11.3. The van der Waals surface area contributed by atoms with Crippen molar-refractivity contribution in [2.75, 3.05) is 18.6 Å². The lowest BCUT2D eigenvalue weighted by Crippen LogP contribution is -2.18. The van der Waals surface area contributed by atoms with Gasteiger partial charge in [-0.05, 0) is 17.5 Å². The first kappa shape index (κ1) is 19.2. The largest absolute Gasteiger partial charge is 0.465 e. The van der Waals surface area contributed by atoms with Crippen molar-refractivity contribution in [2.45, 2.75) is 26.2 Å². The molecular weight excluding hydrogens is 275 g/mol. The van der Waals surface area contributed by atoms with E-state index < -0.39 is 5.97 Å². The van der Waals surface area contributed by atoms with Gasteiger partial charge in [-0.25, -0.2) is 4.79 Å². The van der Waals surface area contributed by atoms with Crippen molar-refractivity contribution in [1.82, 2.24) is 0 Å². The summed E-state index contributed by atoms with van der Waals surface area (Å²) in [4.78, 5) is 11.3. The molecule has 0 aliphatic heterocycles. The number of carbonyl (C=O) groups excluding carboxylic acids is 1. The van der Waals surface area contributed by atoms with E-state index >= 15 is 0 Å². The van der Waals surface area contributed by atoms with Crippen LogP contribution in [-0.2, 0) is 10.2 Å². The van der Waals surface area contributed by atoms with Crippen LogP contribution in [-0.4, -0.2) is 13.1 Å². The molecular formula is C12H20Cl2N2O2. The van der Waals surface area contributed by atoms with E-state index in [1.165, 1.54) is 7.11 Å². The molecule has 0 unspecified atom stereocenters. The summed E-state index contributed by atoms with van der Waals surface area (Å²) < 4.78 is 4.62. The lowest BCUT2D eigenvalue weighted by molar-refractivity contribution is 0.0601. The molecule has 4 N–H and O–H groups in total. The van der Waals surface area contributed by atoms with Crippen molar-refractivity contribution < 1.29 is 9.53 Å². The summed E-state index contributed by atoms with van der Waals surface area (Å²) in [5.41, 5.74) is 14.0. The van der Waals surface area contributed by atoms with Crippen LogP contribution in [0.1, 0.15) is 36.7 Å². The van der Waals surface area contributed by atoms with Crippen molar-refractivity contribution in [3.05, 3.63) is 23.3 Å². The van der Waals surface area contributed by atoms with E-state index in [0.717, 1.165) is 5.56 Å². The number of anilines is 2. The average Bonchev–Trinajstić information content (AvgIpc) is 2.13. The minimum absolute atomic E-state index is 0. The molecule has 0 saturated heterocycles. The van der Waals surface area contributed by atoms with Gasteiger partial charge >= 0.3 is 5.97 Å². The molecule has 0 aromatic heterocycles. The number of rotatable bonds is 1. The number of nitrogen functional groups attached to an aromatic ring is 2. The average molecular weight is 295 g/mol. The molecule has 0 radical (unpaired) electrons. The molecule has 0 amide bonds. The topological polar surface area (TPSA) is 78.3 Å². The Morgan fingerprint density at radius 2 is 1.50 bits per heavy atom. The maximum Gasteiger partial charge on any atom is 0.337 e. The zero-order chi connectivity index (χ0) is 12.5. The summed E-state index contributed by atoms with van der Waals surface area (Å²) in [5.74, 6) is -0.432. The lowest BCUT2D eigenvalue weighted by Gasteiger charge is -2.23. The van der Waals surface area contributed by atoms with Gasteiger partial charge in [-0.2, -0.15) is 0 Å². The highest BCUT2D eigenvalue weighted by Gasteiger charge is 2.22. The van der Waals surface area contributed by atoms with Gasteiger partial charge in [-0.3, -0.25) is 0 Å². The number of hydrogen-bond acceptors (Lipinski definition) is 4. The zero-order valence-electron chi connectivity index (χ0n) is 10.9. The highest BCUT2D eigenvalue weighted by molar-refractivity contribution is 5.92. The van der Waals surface area contributed by atoms with Crippen LogP contribution < -0.4 is 11.5 Å². The highest BCUT2D eigenvalue weighted by atomic mass is 35.5. The van der Waals surface area contributed by atoms with Gasteiger partial charge in [-0.15, -0.1) is 24.8 Å². The fourth-order valence-corrected chi connectivity index (χ4v) is 1.79. The number of ether oxygens (including phenoxy) is 1. The van der Waals surface area contributed by atoms with Crippen LogP contribution in [0.15, 0.2) is 12.1 Å². The number of carbonyl (C=O) groups is 1. The molecule has 0 atom stereocenters. The van der Waals surface area contributed by atoms with Crippen LogP contribution >= 0.6 is 24.8 Å². The Labute approximate surface area is 120 Å². The summed E-state index contributed by atoms with van der Waals surface area (Å²) in [6.45, 7) is 6.06. The molecule has 0 spiro atoms. The second-order valence-corrected chi connectivity index (χ2v) is 4.77. The van der Waals surface area contributed by atoms with E-state index in [9.17, 15) is 4.79 Å². The molecule has 4 nitrogen and oxygen atoms in total. The Bertz CT molecular complexity index is 406. The quantitative estimate of drug-likeness (QED) is 0.617. The van der Waals surface area contributed by atoms with E-state index in [-0.39, 0.29) is 30.2 Å². The predicted octanol–water partition coefficient (Wildman–Crippen LogP) is 2.78. The molecule has 0 aliphatic rings. The van der Waals surface area contributed by atoms with Crippen LogP contribution in [0.5, 0.6) is 0 Å². The van der Waals surface area contributed by atoms with E-state index in [2.05, 4.69) is 4.74 Å². The Hall–Kier alpha value is -1.13.